The van der Waals surface area contributed by atoms with Gasteiger partial charge in [-0.15, -0.1) is 12.6 Å². The van der Waals surface area contributed by atoms with Gasteiger partial charge in [-0.05, 0) is 18.6 Å². The molecule has 0 saturated carbocycles. The highest BCUT2D eigenvalue weighted by atomic mass is 32.1. The number of ether oxygens (including phenoxy) is 1. The third kappa shape index (κ3) is 4.38. The van der Waals surface area contributed by atoms with Crippen molar-refractivity contribution in [3.8, 4) is 0 Å². The van der Waals surface area contributed by atoms with Gasteiger partial charge in [-0.25, -0.2) is 0 Å². The molecule has 1 unspecified atom stereocenters. The molecule has 1 aromatic rings. The van der Waals surface area contributed by atoms with Crippen molar-refractivity contribution in [3.05, 3.63) is 29.8 Å². The SMILES string of the molecule is COCC(CCO)NC(=O)c1ccccc1S. The monoisotopic (exact) mass is 255 g/mol. The van der Waals surface area contributed by atoms with Crippen LogP contribution in [-0.2, 0) is 4.74 Å². The van der Waals surface area contributed by atoms with Gasteiger partial charge in [-0.2, -0.15) is 0 Å². The van der Waals surface area contributed by atoms with Crippen molar-refractivity contribution < 1.29 is 14.6 Å². The van der Waals surface area contributed by atoms with E-state index in [1.54, 1.807) is 25.3 Å². The molecule has 1 aromatic carbocycles. The summed E-state index contributed by atoms with van der Waals surface area (Å²) in [6.45, 7) is 0.387. The van der Waals surface area contributed by atoms with Gasteiger partial charge in [0.1, 0.15) is 0 Å². The average Bonchev–Trinajstić information content (AvgIpc) is 2.30. The molecule has 1 amide bonds. The Labute approximate surface area is 106 Å². The lowest BCUT2D eigenvalue weighted by Gasteiger charge is -2.17. The average molecular weight is 255 g/mol. The number of amides is 1. The third-order valence-electron chi connectivity index (χ3n) is 2.33. The first-order valence-electron chi connectivity index (χ1n) is 5.37. The number of benzene rings is 1. The van der Waals surface area contributed by atoms with Gasteiger partial charge in [-0.1, -0.05) is 12.1 Å². The van der Waals surface area contributed by atoms with Crippen LogP contribution in [0.1, 0.15) is 16.8 Å². The van der Waals surface area contributed by atoms with Crippen molar-refractivity contribution in [1.82, 2.24) is 5.32 Å². The van der Waals surface area contributed by atoms with Crippen LogP contribution >= 0.6 is 12.6 Å². The normalized spacial score (nSPS) is 12.2. The van der Waals surface area contributed by atoms with Gasteiger partial charge in [0.25, 0.3) is 5.91 Å². The van der Waals surface area contributed by atoms with Gasteiger partial charge in [0.2, 0.25) is 0 Å². The fourth-order valence-electron chi connectivity index (χ4n) is 1.48. The first-order chi connectivity index (χ1) is 8.19. The standard InChI is InChI=1S/C12H17NO3S/c1-16-8-9(6-7-14)13-12(15)10-4-2-3-5-11(10)17/h2-5,9,14,17H,6-8H2,1H3,(H,13,15). The minimum Gasteiger partial charge on any atom is -0.396 e. The Kier molecular flexibility index (Phi) is 6.04. The first kappa shape index (κ1) is 14.0. The van der Waals surface area contributed by atoms with Crippen LogP contribution in [0, 0.1) is 0 Å². The topological polar surface area (TPSA) is 58.6 Å². The maximum Gasteiger partial charge on any atom is 0.252 e. The molecule has 2 N–H and O–H groups in total. The van der Waals surface area contributed by atoms with E-state index in [1.165, 1.54) is 0 Å². The van der Waals surface area contributed by atoms with Crippen LogP contribution < -0.4 is 5.32 Å². The van der Waals surface area contributed by atoms with Crippen LogP contribution in [0.5, 0.6) is 0 Å². The van der Waals surface area contributed by atoms with Crippen molar-refractivity contribution in [1.29, 1.82) is 0 Å². The predicted molar refractivity (Wildman–Crippen MR) is 68.5 cm³/mol. The van der Waals surface area contributed by atoms with E-state index in [2.05, 4.69) is 17.9 Å². The molecule has 0 fully saturated rings. The van der Waals surface area contributed by atoms with E-state index >= 15 is 0 Å². The summed E-state index contributed by atoms with van der Waals surface area (Å²) in [5, 5.41) is 11.7. The van der Waals surface area contributed by atoms with Crippen LogP contribution in [0.25, 0.3) is 0 Å². The van der Waals surface area contributed by atoms with Gasteiger partial charge in [0.15, 0.2) is 0 Å². The van der Waals surface area contributed by atoms with Gasteiger partial charge in [0.05, 0.1) is 18.2 Å². The molecule has 1 rings (SSSR count). The summed E-state index contributed by atoms with van der Waals surface area (Å²) in [7, 11) is 1.56. The van der Waals surface area contributed by atoms with E-state index in [9.17, 15) is 4.79 Å². The highest BCUT2D eigenvalue weighted by molar-refractivity contribution is 7.80. The van der Waals surface area contributed by atoms with E-state index in [1.807, 2.05) is 6.07 Å². The van der Waals surface area contributed by atoms with Crippen LogP contribution in [0.3, 0.4) is 0 Å². The lowest BCUT2D eigenvalue weighted by molar-refractivity contribution is 0.0876. The van der Waals surface area contributed by atoms with Crippen molar-refractivity contribution in [2.75, 3.05) is 20.3 Å². The fourth-order valence-corrected chi connectivity index (χ4v) is 1.75. The molecular formula is C12H17NO3S. The van der Waals surface area contributed by atoms with Gasteiger partial charge in [-0.3, -0.25) is 4.79 Å². The summed E-state index contributed by atoms with van der Waals surface area (Å²) in [6, 6.07) is 6.88. The van der Waals surface area contributed by atoms with Crippen molar-refractivity contribution in [2.45, 2.75) is 17.4 Å². The number of hydrogen-bond acceptors (Lipinski definition) is 4. The molecule has 0 aliphatic rings. The van der Waals surface area contributed by atoms with E-state index < -0.39 is 0 Å². The molecule has 0 aromatic heterocycles. The van der Waals surface area contributed by atoms with Gasteiger partial charge in [0, 0.05) is 18.6 Å². The fraction of sp³-hybridized carbons (Fsp3) is 0.417. The molecule has 17 heavy (non-hydrogen) atoms. The number of nitrogens with one attached hydrogen (secondary N) is 1. The maximum atomic E-state index is 11.9. The molecule has 94 valence electrons. The Balaban J connectivity index is 2.67. The number of rotatable bonds is 6. The zero-order valence-electron chi connectivity index (χ0n) is 9.72. The summed E-state index contributed by atoms with van der Waals surface area (Å²) >= 11 is 4.22. The van der Waals surface area contributed by atoms with E-state index in [4.69, 9.17) is 9.84 Å². The summed E-state index contributed by atoms with van der Waals surface area (Å²) < 4.78 is 4.98. The largest absolute Gasteiger partial charge is 0.396 e. The van der Waals surface area contributed by atoms with Crippen LogP contribution in [0.2, 0.25) is 0 Å². The van der Waals surface area contributed by atoms with E-state index in [0.29, 0.717) is 23.5 Å². The molecule has 0 aliphatic carbocycles. The summed E-state index contributed by atoms with van der Waals surface area (Å²) in [6.07, 6.45) is 0.467. The smallest absolute Gasteiger partial charge is 0.252 e. The highest BCUT2D eigenvalue weighted by Gasteiger charge is 2.14. The minimum absolute atomic E-state index is 0.0107. The Morgan fingerprint density at radius 2 is 2.24 bits per heavy atom. The van der Waals surface area contributed by atoms with Crippen molar-refractivity contribution >= 4 is 18.5 Å². The van der Waals surface area contributed by atoms with Gasteiger partial charge >= 0.3 is 0 Å². The molecule has 1 atom stereocenters. The number of hydrogen-bond donors (Lipinski definition) is 3. The Bertz CT molecular complexity index is 365. The summed E-state index contributed by atoms with van der Waals surface area (Å²) in [5.41, 5.74) is 0.523. The van der Waals surface area contributed by atoms with E-state index in [-0.39, 0.29) is 18.6 Å². The van der Waals surface area contributed by atoms with E-state index in [0.717, 1.165) is 0 Å². The zero-order valence-corrected chi connectivity index (χ0v) is 10.6. The summed E-state index contributed by atoms with van der Waals surface area (Å²) in [4.78, 5) is 12.6. The molecule has 4 nitrogen and oxygen atoms in total. The van der Waals surface area contributed by atoms with Crippen LogP contribution in [0.4, 0.5) is 0 Å². The Morgan fingerprint density at radius 3 is 2.82 bits per heavy atom. The molecule has 0 saturated heterocycles. The molecule has 0 heterocycles. The first-order valence-corrected chi connectivity index (χ1v) is 5.82. The van der Waals surface area contributed by atoms with Crippen molar-refractivity contribution in [3.63, 3.8) is 0 Å². The number of carbonyl (C=O) groups is 1. The zero-order chi connectivity index (χ0) is 12.7. The van der Waals surface area contributed by atoms with Crippen LogP contribution in [0.15, 0.2) is 29.2 Å². The highest BCUT2D eigenvalue weighted by Crippen LogP contribution is 2.12. The number of aliphatic hydroxyl groups excluding tert-OH is 1. The quantitative estimate of drug-likeness (QED) is 0.667. The number of thiol groups is 1. The second-order valence-electron chi connectivity index (χ2n) is 3.66. The van der Waals surface area contributed by atoms with Crippen molar-refractivity contribution in [2.24, 2.45) is 0 Å². The molecule has 5 heteroatoms. The number of methoxy groups -OCH3 is 1. The second kappa shape index (κ2) is 7.32. The number of aliphatic hydroxyl groups is 1. The third-order valence-corrected chi connectivity index (χ3v) is 2.72. The summed E-state index contributed by atoms with van der Waals surface area (Å²) in [5.74, 6) is -0.203. The molecular weight excluding hydrogens is 238 g/mol. The lowest BCUT2D eigenvalue weighted by atomic mass is 10.1. The predicted octanol–water partition coefficient (Wildman–Crippen LogP) is 1.10. The maximum absolute atomic E-state index is 11.9. The number of carbonyl (C=O) groups excluding carboxylic acids is 1. The molecule has 0 aliphatic heterocycles. The Morgan fingerprint density at radius 1 is 1.53 bits per heavy atom. The van der Waals surface area contributed by atoms with Crippen LogP contribution in [-0.4, -0.2) is 37.4 Å². The minimum atomic E-state index is -0.203. The molecule has 0 radical (unpaired) electrons. The molecule has 0 bridgehead atoms. The molecule has 0 spiro atoms. The van der Waals surface area contributed by atoms with Gasteiger partial charge < -0.3 is 15.2 Å². The lowest BCUT2D eigenvalue weighted by Crippen LogP contribution is -2.38. The Hall–Kier alpha value is -1.04. The second-order valence-corrected chi connectivity index (χ2v) is 4.14.